The Morgan fingerprint density at radius 2 is 2.13 bits per heavy atom. The third-order valence-corrected chi connectivity index (χ3v) is 2.88. The molecular weight excluding hydrogens is 186 g/mol. The summed E-state index contributed by atoms with van der Waals surface area (Å²) in [6.07, 6.45) is 4.23. The van der Waals surface area contributed by atoms with Crippen molar-refractivity contribution in [2.24, 2.45) is 0 Å². The van der Waals surface area contributed by atoms with Gasteiger partial charge in [-0.3, -0.25) is 9.88 Å². The predicted octanol–water partition coefficient (Wildman–Crippen LogP) is 2.05. The van der Waals surface area contributed by atoms with E-state index in [1.807, 2.05) is 25.3 Å². The molecule has 0 bridgehead atoms. The number of hydrogen-bond donors (Lipinski definition) is 0. The molecule has 2 heterocycles. The molecule has 0 saturated carbocycles. The van der Waals surface area contributed by atoms with Crippen molar-refractivity contribution in [3.05, 3.63) is 29.6 Å². The van der Waals surface area contributed by atoms with Crippen LogP contribution in [0.25, 0.3) is 0 Å². The first-order chi connectivity index (χ1) is 7.31. The zero-order chi connectivity index (χ0) is 10.7. The van der Waals surface area contributed by atoms with Crippen molar-refractivity contribution in [1.82, 2.24) is 9.88 Å². The Labute approximate surface area is 90.4 Å². The summed E-state index contributed by atoms with van der Waals surface area (Å²) in [5.74, 6) is 0. The predicted molar refractivity (Wildman–Crippen MR) is 58.1 cm³/mol. The first-order valence-corrected chi connectivity index (χ1v) is 5.37. The first-order valence-electron chi connectivity index (χ1n) is 5.37. The quantitative estimate of drug-likeness (QED) is 0.735. The second-order valence-corrected chi connectivity index (χ2v) is 4.01. The number of rotatable bonds is 2. The molecule has 0 aliphatic carbocycles. The second-order valence-electron chi connectivity index (χ2n) is 4.01. The molecule has 2 rings (SSSR count). The summed E-state index contributed by atoms with van der Waals surface area (Å²) in [4.78, 5) is 6.47. The summed E-state index contributed by atoms with van der Waals surface area (Å²) >= 11 is 0. The van der Waals surface area contributed by atoms with E-state index in [-0.39, 0.29) is 6.04 Å². The molecular formula is C12H15N3. The first kappa shape index (κ1) is 10.1. The van der Waals surface area contributed by atoms with Crippen LogP contribution < -0.4 is 0 Å². The normalized spacial score (nSPS) is 18.7. The molecule has 1 saturated heterocycles. The molecule has 3 nitrogen and oxygen atoms in total. The number of hydrogen-bond acceptors (Lipinski definition) is 3. The summed E-state index contributed by atoms with van der Waals surface area (Å²) in [6, 6.07) is 6.23. The summed E-state index contributed by atoms with van der Waals surface area (Å²) in [6.45, 7) is 4.03. The highest BCUT2D eigenvalue weighted by Gasteiger charge is 2.22. The maximum atomic E-state index is 9.19. The number of nitriles is 1. The highest BCUT2D eigenvalue weighted by Crippen LogP contribution is 2.23. The summed E-state index contributed by atoms with van der Waals surface area (Å²) in [7, 11) is 0. The van der Waals surface area contributed by atoms with Crippen LogP contribution in [0.15, 0.2) is 18.3 Å². The van der Waals surface area contributed by atoms with Gasteiger partial charge in [0.2, 0.25) is 0 Å². The van der Waals surface area contributed by atoms with Gasteiger partial charge in [0.15, 0.2) is 0 Å². The Morgan fingerprint density at radius 3 is 2.67 bits per heavy atom. The van der Waals surface area contributed by atoms with Crippen molar-refractivity contribution in [3.8, 4) is 6.07 Å². The fourth-order valence-electron chi connectivity index (χ4n) is 2.01. The Hall–Kier alpha value is -1.40. The second kappa shape index (κ2) is 4.41. The Bertz CT molecular complexity index is 357. The lowest BCUT2D eigenvalue weighted by molar-refractivity contribution is 0.294. The van der Waals surface area contributed by atoms with Crippen molar-refractivity contribution >= 4 is 0 Å². The van der Waals surface area contributed by atoms with Crippen LogP contribution in [-0.2, 0) is 0 Å². The molecule has 0 radical (unpaired) electrons. The van der Waals surface area contributed by atoms with Crippen LogP contribution in [0.1, 0.15) is 30.1 Å². The summed E-state index contributed by atoms with van der Waals surface area (Å²) < 4.78 is 0. The van der Waals surface area contributed by atoms with Gasteiger partial charge in [-0.05, 0) is 38.9 Å². The lowest BCUT2D eigenvalue weighted by atomic mass is 10.1. The largest absolute Gasteiger partial charge is 0.284 e. The van der Waals surface area contributed by atoms with E-state index in [9.17, 15) is 5.26 Å². The molecule has 3 heteroatoms. The fourth-order valence-corrected chi connectivity index (χ4v) is 2.01. The van der Waals surface area contributed by atoms with Crippen LogP contribution in [0.3, 0.4) is 0 Å². The van der Waals surface area contributed by atoms with Gasteiger partial charge in [0.25, 0.3) is 0 Å². The van der Waals surface area contributed by atoms with Crippen molar-refractivity contribution in [3.63, 3.8) is 0 Å². The zero-order valence-corrected chi connectivity index (χ0v) is 8.98. The maximum absolute atomic E-state index is 9.19. The van der Waals surface area contributed by atoms with Crippen LogP contribution >= 0.6 is 0 Å². The number of pyridine rings is 1. The molecule has 1 aromatic heterocycles. The highest BCUT2D eigenvalue weighted by atomic mass is 15.2. The zero-order valence-electron chi connectivity index (χ0n) is 8.98. The van der Waals surface area contributed by atoms with Crippen LogP contribution in [0.2, 0.25) is 0 Å². The molecule has 0 aromatic carbocycles. The van der Waals surface area contributed by atoms with Gasteiger partial charge in [-0.25, -0.2) is 0 Å². The average Bonchev–Trinajstić information content (AvgIpc) is 2.75. The molecule has 1 unspecified atom stereocenters. The lowest BCUT2D eigenvalue weighted by Crippen LogP contribution is -2.24. The van der Waals surface area contributed by atoms with Gasteiger partial charge in [0.1, 0.15) is 6.04 Å². The van der Waals surface area contributed by atoms with E-state index < -0.39 is 0 Å². The number of aromatic nitrogens is 1. The van der Waals surface area contributed by atoms with E-state index in [1.54, 1.807) is 0 Å². The Morgan fingerprint density at radius 1 is 1.40 bits per heavy atom. The van der Waals surface area contributed by atoms with Crippen LogP contribution in [0.4, 0.5) is 0 Å². The number of likely N-dealkylation sites (tertiary alicyclic amines) is 1. The van der Waals surface area contributed by atoms with Gasteiger partial charge in [-0.15, -0.1) is 0 Å². The van der Waals surface area contributed by atoms with Crippen LogP contribution in [0.5, 0.6) is 0 Å². The standard InChI is InChI=1S/C12H15N3/c1-10-4-5-11(9-14-10)12(8-13)15-6-2-3-7-15/h4-5,9,12H,2-3,6-7H2,1H3. The Balaban J connectivity index is 2.19. The average molecular weight is 201 g/mol. The maximum Gasteiger partial charge on any atom is 0.125 e. The lowest BCUT2D eigenvalue weighted by Gasteiger charge is -2.21. The minimum absolute atomic E-state index is 0.111. The van der Waals surface area contributed by atoms with Gasteiger partial charge in [-0.1, -0.05) is 6.07 Å². The summed E-state index contributed by atoms with van der Waals surface area (Å²) in [5, 5.41) is 9.19. The molecule has 0 N–H and O–H groups in total. The third kappa shape index (κ3) is 2.16. The molecule has 1 fully saturated rings. The smallest absolute Gasteiger partial charge is 0.125 e. The monoisotopic (exact) mass is 201 g/mol. The molecule has 0 spiro atoms. The van der Waals surface area contributed by atoms with Crippen molar-refractivity contribution in [2.75, 3.05) is 13.1 Å². The van der Waals surface area contributed by atoms with Gasteiger partial charge >= 0.3 is 0 Å². The molecule has 1 aliphatic heterocycles. The van der Waals surface area contributed by atoms with E-state index >= 15 is 0 Å². The molecule has 1 aliphatic rings. The summed E-state index contributed by atoms with van der Waals surface area (Å²) in [5.41, 5.74) is 2.02. The molecule has 1 aromatic rings. The number of aryl methyl sites for hydroxylation is 1. The van der Waals surface area contributed by atoms with Gasteiger partial charge in [0, 0.05) is 17.5 Å². The number of nitrogens with zero attached hydrogens (tertiary/aromatic N) is 3. The van der Waals surface area contributed by atoms with E-state index in [0.29, 0.717) is 0 Å². The highest BCUT2D eigenvalue weighted by molar-refractivity contribution is 5.22. The van der Waals surface area contributed by atoms with Crippen LogP contribution in [-0.4, -0.2) is 23.0 Å². The Kier molecular flexibility index (Phi) is 2.98. The fraction of sp³-hybridized carbons (Fsp3) is 0.500. The van der Waals surface area contributed by atoms with Crippen LogP contribution in [0, 0.1) is 18.3 Å². The third-order valence-electron chi connectivity index (χ3n) is 2.88. The molecule has 1 atom stereocenters. The van der Waals surface area contributed by atoms with Crippen molar-refractivity contribution in [1.29, 1.82) is 5.26 Å². The van der Waals surface area contributed by atoms with E-state index in [2.05, 4.69) is 16.0 Å². The molecule has 0 amide bonds. The van der Waals surface area contributed by atoms with Gasteiger partial charge in [-0.2, -0.15) is 5.26 Å². The minimum Gasteiger partial charge on any atom is -0.284 e. The van der Waals surface area contributed by atoms with Crippen molar-refractivity contribution < 1.29 is 0 Å². The molecule has 78 valence electrons. The van der Waals surface area contributed by atoms with Gasteiger partial charge in [0.05, 0.1) is 6.07 Å². The van der Waals surface area contributed by atoms with E-state index in [1.165, 1.54) is 12.8 Å². The molecule has 15 heavy (non-hydrogen) atoms. The van der Waals surface area contributed by atoms with E-state index in [0.717, 1.165) is 24.3 Å². The van der Waals surface area contributed by atoms with E-state index in [4.69, 9.17) is 0 Å². The SMILES string of the molecule is Cc1ccc(C(C#N)N2CCCC2)cn1. The van der Waals surface area contributed by atoms with Crippen molar-refractivity contribution in [2.45, 2.75) is 25.8 Å². The van der Waals surface area contributed by atoms with Gasteiger partial charge < -0.3 is 0 Å². The topological polar surface area (TPSA) is 39.9 Å². The minimum atomic E-state index is -0.111.